The molecule has 0 amide bonds. The van der Waals surface area contributed by atoms with Crippen LogP contribution in [0.3, 0.4) is 0 Å². The fraction of sp³-hybridized carbons (Fsp3) is 0.182. The summed E-state index contributed by atoms with van der Waals surface area (Å²) in [4.78, 5) is 10.9. The molecule has 0 unspecified atom stereocenters. The van der Waals surface area contributed by atoms with Crippen molar-refractivity contribution in [1.29, 1.82) is 0 Å². The average molecular weight is 208 g/mol. The molecule has 0 bridgehead atoms. The summed E-state index contributed by atoms with van der Waals surface area (Å²) in [5.41, 5.74) is 0.770. The Bertz CT molecular complexity index is 351. The van der Waals surface area contributed by atoms with Crippen molar-refractivity contribution in [2.45, 2.75) is 6.42 Å². The van der Waals surface area contributed by atoms with Crippen molar-refractivity contribution in [2.24, 2.45) is 0 Å². The van der Waals surface area contributed by atoms with Gasteiger partial charge in [0.05, 0.1) is 19.1 Å². The Morgan fingerprint density at radius 3 is 3.00 bits per heavy atom. The second-order valence-corrected chi connectivity index (χ2v) is 2.65. The lowest BCUT2D eigenvalue weighted by Crippen LogP contribution is -2.04. The Kier molecular flexibility index (Phi) is 4.22. The first-order valence-corrected chi connectivity index (χ1v) is 4.41. The first-order chi connectivity index (χ1) is 7.27. The molecule has 0 atom stereocenters. The third-order valence-electron chi connectivity index (χ3n) is 1.67. The zero-order valence-electron chi connectivity index (χ0n) is 8.27. The highest BCUT2D eigenvalue weighted by Crippen LogP contribution is 2.20. The molecule has 0 fully saturated rings. The summed E-state index contributed by atoms with van der Waals surface area (Å²) in [5.74, 6) is -0.358. The van der Waals surface area contributed by atoms with E-state index in [0.717, 1.165) is 11.6 Å². The quantitative estimate of drug-likeness (QED) is 0.311. The monoisotopic (exact) mass is 208 g/mol. The Morgan fingerprint density at radius 2 is 2.33 bits per heavy atom. The molecule has 1 aromatic heterocycles. The van der Waals surface area contributed by atoms with Crippen molar-refractivity contribution in [1.82, 2.24) is 0 Å². The van der Waals surface area contributed by atoms with Gasteiger partial charge < -0.3 is 13.9 Å². The number of hydrogen-bond acceptors (Lipinski definition) is 4. The number of furan rings is 1. The standard InChI is InChI=1S/C11H12O4/c1-3-10(12)15-11-9(6-8-14-11)5-7-13-4-2/h3-4,6,8H,1-2,5,7H2. The number of carbonyl (C=O) groups is 1. The lowest BCUT2D eigenvalue weighted by molar-refractivity contribution is -0.130. The summed E-state index contributed by atoms with van der Waals surface area (Å²) in [7, 11) is 0. The topological polar surface area (TPSA) is 48.7 Å². The van der Waals surface area contributed by atoms with Gasteiger partial charge in [-0.3, -0.25) is 0 Å². The Balaban J connectivity index is 2.56. The Hall–Kier alpha value is -1.97. The zero-order chi connectivity index (χ0) is 11.1. The predicted molar refractivity (Wildman–Crippen MR) is 54.4 cm³/mol. The molecule has 80 valence electrons. The van der Waals surface area contributed by atoms with Crippen molar-refractivity contribution in [3.8, 4) is 5.95 Å². The highest BCUT2D eigenvalue weighted by atomic mass is 16.6. The highest BCUT2D eigenvalue weighted by Gasteiger charge is 2.10. The fourth-order valence-corrected chi connectivity index (χ4v) is 0.982. The average Bonchev–Trinajstić information content (AvgIpc) is 2.66. The number of esters is 1. The van der Waals surface area contributed by atoms with Crippen LogP contribution in [0.15, 0.2) is 42.2 Å². The van der Waals surface area contributed by atoms with Crippen molar-refractivity contribution in [3.05, 3.63) is 43.4 Å². The maximum absolute atomic E-state index is 10.9. The molecule has 0 saturated heterocycles. The van der Waals surface area contributed by atoms with Gasteiger partial charge in [0.15, 0.2) is 0 Å². The molecule has 0 aliphatic carbocycles. The minimum Gasteiger partial charge on any atom is -0.501 e. The highest BCUT2D eigenvalue weighted by molar-refractivity contribution is 5.83. The Morgan fingerprint density at radius 1 is 1.53 bits per heavy atom. The maximum atomic E-state index is 10.9. The van der Waals surface area contributed by atoms with E-state index in [-0.39, 0.29) is 5.95 Å². The summed E-state index contributed by atoms with van der Waals surface area (Å²) in [6.07, 6.45) is 4.47. The van der Waals surface area contributed by atoms with E-state index >= 15 is 0 Å². The number of carbonyl (C=O) groups excluding carboxylic acids is 1. The molecule has 0 saturated carbocycles. The lowest BCUT2D eigenvalue weighted by atomic mass is 10.2. The van der Waals surface area contributed by atoms with Gasteiger partial charge in [0.2, 0.25) is 0 Å². The Labute approximate surface area is 87.8 Å². The summed E-state index contributed by atoms with van der Waals surface area (Å²) in [6, 6.07) is 1.72. The zero-order valence-corrected chi connectivity index (χ0v) is 8.27. The molecule has 1 rings (SSSR count). The van der Waals surface area contributed by atoms with Crippen LogP contribution in [0, 0.1) is 0 Å². The smallest absolute Gasteiger partial charge is 0.337 e. The third-order valence-corrected chi connectivity index (χ3v) is 1.67. The van der Waals surface area contributed by atoms with Crippen molar-refractivity contribution in [3.63, 3.8) is 0 Å². The second kappa shape index (κ2) is 5.70. The fourth-order valence-electron chi connectivity index (χ4n) is 0.982. The van der Waals surface area contributed by atoms with Gasteiger partial charge in [0, 0.05) is 18.1 Å². The van der Waals surface area contributed by atoms with Gasteiger partial charge in [-0.25, -0.2) is 4.79 Å². The van der Waals surface area contributed by atoms with Crippen LogP contribution in [0.25, 0.3) is 0 Å². The number of rotatable bonds is 6. The van der Waals surface area contributed by atoms with Crippen LogP contribution in [-0.2, 0) is 16.0 Å². The minimum atomic E-state index is -0.546. The molecule has 4 nitrogen and oxygen atoms in total. The van der Waals surface area contributed by atoms with Crippen molar-refractivity contribution in [2.75, 3.05) is 6.61 Å². The van der Waals surface area contributed by atoms with Gasteiger partial charge in [-0.05, 0) is 6.07 Å². The molecule has 15 heavy (non-hydrogen) atoms. The molecule has 0 aliphatic rings. The van der Waals surface area contributed by atoms with Crippen LogP contribution in [0.5, 0.6) is 5.95 Å². The first kappa shape index (κ1) is 11.1. The normalized spacial score (nSPS) is 9.33. The lowest BCUT2D eigenvalue weighted by Gasteiger charge is -2.01. The molecule has 0 N–H and O–H groups in total. The molecule has 0 radical (unpaired) electrons. The molecular formula is C11H12O4. The van der Waals surface area contributed by atoms with E-state index in [9.17, 15) is 4.79 Å². The van der Waals surface area contributed by atoms with Gasteiger partial charge in [0.25, 0.3) is 5.95 Å². The molecule has 0 aromatic carbocycles. The van der Waals surface area contributed by atoms with E-state index in [1.165, 1.54) is 12.5 Å². The maximum Gasteiger partial charge on any atom is 0.337 e. The molecular weight excluding hydrogens is 196 g/mol. The summed E-state index contributed by atoms with van der Waals surface area (Å²) in [5, 5.41) is 0. The molecule has 4 heteroatoms. The number of hydrogen-bond donors (Lipinski definition) is 0. The van der Waals surface area contributed by atoms with Gasteiger partial charge in [-0.15, -0.1) is 0 Å². The van der Waals surface area contributed by atoms with Crippen molar-refractivity contribution < 1.29 is 18.7 Å². The largest absolute Gasteiger partial charge is 0.501 e. The summed E-state index contributed by atoms with van der Waals surface area (Å²) >= 11 is 0. The van der Waals surface area contributed by atoms with E-state index in [2.05, 4.69) is 13.2 Å². The number of ether oxygens (including phenoxy) is 2. The van der Waals surface area contributed by atoms with Gasteiger partial charge >= 0.3 is 5.97 Å². The van der Waals surface area contributed by atoms with E-state index < -0.39 is 5.97 Å². The van der Waals surface area contributed by atoms with Crippen LogP contribution >= 0.6 is 0 Å². The van der Waals surface area contributed by atoms with Gasteiger partial charge in [-0.1, -0.05) is 13.2 Å². The summed E-state index contributed by atoms with van der Waals surface area (Å²) < 4.78 is 14.8. The van der Waals surface area contributed by atoms with E-state index in [1.54, 1.807) is 6.07 Å². The molecule has 0 aliphatic heterocycles. The van der Waals surface area contributed by atoms with E-state index in [1.807, 2.05) is 0 Å². The van der Waals surface area contributed by atoms with Crippen LogP contribution in [0.4, 0.5) is 0 Å². The second-order valence-electron chi connectivity index (χ2n) is 2.65. The van der Waals surface area contributed by atoms with Crippen LogP contribution in [-0.4, -0.2) is 12.6 Å². The van der Waals surface area contributed by atoms with Gasteiger partial charge in [0.1, 0.15) is 0 Å². The van der Waals surface area contributed by atoms with Crippen LogP contribution in [0.2, 0.25) is 0 Å². The van der Waals surface area contributed by atoms with E-state index in [4.69, 9.17) is 13.9 Å². The van der Waals surface area contributed by atoms with Crippen molar-refractivity contribution >= 4 is 5.97 Å². The van der Waals surface area contributed by atoms with E-state index in [0.29, 0.717) is 13.0 Å². The molecule has 1 aromatic rings. The predicted octanol–water partition coefficient (Wildman–Crippen LogP) is 2.07. The van der Waals surface area contributed by atoms with Crippen LogP contribution < -0.4 is 4.74 Å². The summed E-state index contributed by atoms with van der Waals surface area (Å²) in [6.45, 7) is 7.17. The first-order valence-electron chi connectivity index (χ1n) is 4.41. The molecule has 1 heterocycles. The van der Waals surface area contributed by atoms with Crippen LogP contribution in [0.1, 0.15) is 5.56 Å². The SMILES string of the molecule is C=COCCc1ccoc1OC(=O)C=C. The molecule has 0 spiro atoms. The minimum absolute atomic E-state index is 0.188. The third kappa shape index (κ3) is 3.34. The van der Waals surface area contributed by atoms with Gasteiger partial charge in [-0.2, -0.15) is 0 Å².